The van der Waals surface area contributed by atoms with Gasteiger partial charge in [0.25, 0.3) is 0 Å². The molecule has 0 saturated heterocycles. The van der Waals surface area contributed by atoms with Crippen LogP contribution >= 0.6 is 0 Å². The number of nitrogens with zero attached hydrogens (tertiary/aromatic N) is 2. The normalized spacial score (nSPS) is 16.4. The third-order valence-corrected chi connectivity index (χ3v) is 6.20. The molecule has 0 radical (unpaired) electrons. The van der Waals surface area contributed by atoms with Gasteiger partial charge in [0.15, 0.2) is 5.82 Å². The van der Waals surface area contributed by atoms with Gasteiger partial charge in [-0.1, -0.05) is 46.5 Å². The van der Waals surface area contributed by atoms with Crippen molar-refractivity contribution in [3.63, 3.8) is 0 Å². The highest BCUT2D eigenvalue weighted by molar-refractivity contribution is 5.65. The minimum atomic E-state index is -0.672. The van der Waals surface area contributed by atoms with Crippen molar-refractivity contribution in [2.75, 3.05) is 6.61 Å². The Morgan fingerprint density at radius 1 is 1.16 bits per heavy atom. The average molecular weight is 425 g/mol. The van der Waals surface area contributed by atoms with Gasteiger partial charge in [-0.15, -0.1) is 0 Å². The lowest BCUT2D eigenvalue weighted by Crippen LogP contribution is -2.19. The van der Waals surface area contributed by atoms with E-state index in [1.807, 2.05) is 25.3 Å². The van der Waals surface area contributed by atoms with Crippen LogP contribution in [0.2, 0.25) is 0 Å². The van der Waals surface area contributed by atoms with Gasteiger partial charge in [0.2, 0.25) is 0 Å². The summed E-state index contributed by atoms with van der Waals surface area (Å²) in [5.41, 5.74) is 3.42. The van der Waals surface area contributed by atoms with Crippen LogP contribution in [0.3, 0.4) is 0 Å². The van der Waals surface area contributed by atoms with Crippen molar-refractivity contribution in [1.29, 1.82) is 0 Å². The molecule has 0 aliphatic heterocycles. The van der Waals surface area contributed by atoms with Gasteiger partial charge >= 0.3 is 6.16 Å². The van der Waals surface area contributed by atoms with Crippen molar-refractivity contribution in [2.45, 2.75) is 78.6 Å². The van der Waals surface area contributed by atoms with Crippen molar-refractivity contribution in [2.24, 2.45) is 11.8 Å². The number of hydrogen-bond acceptors (Lipinski definition) is 5. The molecule has 0 spiro atoms. The number of fused-ring (bicyclic) bond motifs is 1. The monoisotopic (exact) mass is 424 g/mol. The minimum Gasteiger partial charge on any atom is -0.434 e. The summed E-state index contributed by atoms with van der Waals surface area (Å²) in [5.74, 6) is 2.80. The van der Waals surface area contributed by atoms with E-state index in [2.05, 4.69) is 18.8 Å². The number of ether oxygens (including phenoxy) is 2. The van der Waals surface area contributed by atoms with E-state index in [1.54, 1.807) is 12.1 Å². The number of aromatic nitrogens is 2. The summed E-state index contributed by atoms with van der Waals surface area (Å²) in [6.45, 7) is 6.91. The Morgan fingerprint density at radius 2 is 1.97 bits per heavy atom. The Hall–Kier alpha value is -2.43. The molecule has 2 aromatic rings. The molecule has 168 valence electrons. The van der Waals surface area contributed by atoms with Crippen LogP contribution in [-0.4, -0.2) is 22.7 Å². The predicted octanol–water partition coefficient (Wildman–Crippen LogP) is 6.78. The molecule has 1 aliphatic carbocycles. The van der Waals surface area contributed by atoms with E-state index in [0.29, 0.717) is 12.4 Å². The lowest BCUT2D eigenvalue weighted by Gasteiger charge is -2.27. The predicted molar refractivity (Wildman–Crippen MR) is 123 cm³/mol. The Kier molecular flexibility index (Phi) is 8.86. The van der Waals surface area contributed by atoms with E-state index in [-0.39, 0.29) is 0 Å². The zero-order valence-corrected chi connectivity index (χ0v) is 19.2. The summed E-state index contributed by atoms with van der Waals surface area (Å²) < 4.78 is 10.1. The van der Waals surface area contributed by atoms with Crippen LogP contribution in [0.25, 0.3) is 11.4 Å². The van der Waals surface area contributed by atoms with Crippen molar-refractivity contribution in [3.05, 3.63) is 41.7 Å². The molecule has 31 heavy (non-hydrogen) atoms. The summed E-state index contributed by atoms with van der Waals surface area (Å²) in [6.07, 6.45) is 12.1. The summed E-state index contributed by atoms with van der Waals surface area (Å²) >= 11 is 0. The third-order valence-electron chi connectivity index (χ3n) is 6.20. The minimum absolute atomic E-state index is 0.360. The Morgan fingerprint density at radius 3 is 2.68 bits per heavy atom. The van der Waals surface area contributed by atoms with E-state index in [0.717, 1.165) is 42.5 Å². The highest BCUT2D eigenvalue weighted by atomic mass is 16.7. The quantitative estimate of drug-likeness (QED) is 0.311. The molecule has 0 N–H and O–H groups in total. The second-order valence-corrected chi connectivity index (χ2v) is 8.65. The molecule has 1 aliphatic rings. The molecule has 2 atom stereocenters. The fourth-order valence-electron chi connectivity index (χ4n) is 4.36. The number of aryl methyl sites for hydroxylation is 1. The lowest BCUT2D eigenvalue weighted by atomic mass is 9.79. The molecule has 0 saturated carbocycles. The number of carbonyl (C=O) groups excluding carboxylic acids is 1. The third kappa shape index (κ3) is 6.78. The van der Waals surface area contributed by atoms with Gasteiger partial charge in [0.05, 0.1) is 6.61 Å². The molecule has 5 heteroatoms. The second-order valence-electron chi connectivity index (χ2n) is 8.65. The van der Waals surface area contributed by atoms with Gasteiger partial charge in [-0.05, 0) is 73.8 Å². The molecule has 3 rings (SSSR count). The zero-order chi connectivity index (χ0) is 22.1. The first kappa shape index (κ1) is 23.2. The largest absolute Gasteiger partial charge is 0.513 e. The van der Waals surface area contributed by atoms with Gasteiger partial charge in [-0.25, -0.2) is 14.8 Å². The number of carbonyl (C=O) groups is 1. The molecule has 1 aromatic heterocycles. The fraction of sp³-hybridized carbons (Fsp3) is 0.577. The first-order valence-corrected chi connectivity index (χ1v) is 11.9. The SMILES string of the molecule is CCCCC(CC)CC1CCc2nc(-c3ccc(OC(=O)OCCC)cc3)ncc2C1. The van der Waals surface area contributed by atoms with Gasteiger partial charge in [-0.3, -0.25) is 0 Å². The van der Waals surface area contributed by atoms with Crippen molar-refractivity contribution in [1.82, 2.24) is 9.97 Å². The van der Waals surface area contributed by atoms with Crippen molar-refractivity contribution >= 4 is 6.16 Å². The van der Waals surface area contributed by atoms with E-state index in [1.165, 1.54) is 49.8 Å². The maximum absolute atomic E-state index is 11.6. The fourth-order valence-corrected chi connectivity index (χ4v) is 4.36. The van der Waals surface area contributed by atoms with Crippen LogP contribution in [0.5, 0.6) is 5.75 Å². The molecule has 0 fully saturated rings. The average Bonchev–Trinajstić information content (AvgIpc) is 2.80. The maximum Gasteiger partial charge on any atom is 0.513 e. The molecule has 1 heterocycles. The molecule has 0 bridgehead atoms. The summed E-state index contributed by atoms with van der Waals surface area (Å²) in [6, 6.07) is 7.27. The van der Waals surface area contributed by atoms with Crippen molar-refractivity contribution in [3.8, 4) is 17.1 Å². The standard InChI is InChI=1S/C26H36N2O3/c1-4-7-8-19(6-3)16-20-9-14-24-22(17-20)18-27-25(28-24)21-10-12-23(13-11-21)31-26(29)30-15-5-2/h10-13,18-20H,4-9,14-17H2,1-3H3. The molecule has 2 unspecified atom stereocenters. The number of rotatable bonds is 10. The lowest BCUT2D eigenvalue weighted by molar-refractivity contribution is 0.0992. The van der Waals surface area contributed by atoms with Gasteiger partial charge in [0.1, 0.15) is 5.75 Å². The smallest absolute Gasteiger partial charge is 0.434 e. The molecule has 5 nitrogen and oxygen atoms in total. The van der Waals surface area contributed by atoms with E-state index < -0.39 is 6.16 Å². The van der Waals surface area contributed by atoms with Crippen molar-refractivity contribution < 1.29 is 14.3 Å². The molecular formula is C26H36N2O3. The van der Waals surface area contributed by atoms with E-state index in [9.17, 15) is 4.79 Å². The van der Waals surface area contributed by atoms with Crippen LogP contribution in [-0.2, 0) is 17.6 Å². The number of hydrogen-bond donors (Lipinski definition) is 0. The maximum atomic E-state index is 11.6. The summed E-state index contributed by atoms with van der Waals surface area (Å²) in [7, 11) is 0. The Bertz CT molecular complexity index is 835. The highest BCUT2D eigenvalue weighted by Gasteiger charge is 2.23. The van der Waals surface area contributed by atoms with Crippen LogP contribution in [0, 0.1) is 11.8 Å². The van der Waals surface area contributed by atoms with E-state index in [4.69, 9.17) is 14.5 Å². The Balaban J connectivity index is 1.60. The summed E-state index contributed by atoms with van der Waals surface area (Å²) in [4.78, 5) is 21.1. The van der Waals surface area contributed by atoms with Crippen LogP contribution < -0.4 is 4.74 Å². The van der Waals surface area contributed by atoms with Crippen LogP contribution in [0.15, 0.2) is 30.5 Å². The second kappa shape index (κ2) is 11.8. The molecule has 1 aromatic carbocycles. The highest BCUT2D eigenvalue weighted by Crippen LogP contribution is 2.32. The van der Waals surface area contributed by atoms with Gasteiger partial charge in [0, 0.05) is 17.5 Å². The van der Waals surface area contributed by atoms with Gasteiger partial charge in [-0.2, -0.15) is 0 Å². The van der Waals surface area contributed by atoms with E-state index >= 15 is 0 Å². The summed E-state index contributed by atoms with van der Waals surface area (Å²) in [5, 5.41) is 0. The Labute approximate surface area is 186 Å². The first-order valence-electron chi connectivity index (χ1n) is 11.9. The molecular weight excluding hydrogens is 388 g/mol. The zero-order valence-electron chi connectivity index (χ0n) is 19.2. The number of benzene rings is 1. The van der Waals surface area contributed by atoms with Gasteiger partial charge < -0.3 is 9.47 Å². The number of unbranched alkanes of at least 4 members (excludes halogenated alkanes) is 1. The van der Waals surface area contributed by atoms with Crippen LogP contribution in [0.4, 0.5) is 4.79 Å². The topological polar surface area (TPSA) is 61.3 Å². The molecule has 0 amide bonds. The first-order chi connectivity index (χ1) is 15.1. The van der Waals surface area contributed by atoms with Crippen LogP contribution in [0.1, 0.15) is 77.0 Å².